The summed E-state index contributed by atoms with van der Waals surface area (Å²) in [5, 5.41) is 19.1. The van der Waals surface area contributed by atoms with Crippen LogP contribution in [0, 0.1) is 22.2 Å². The van der Waals surface area contributed by atoms with E-state index in [1.54, 1.807) is 12.2 Å². The lowest BCUT2D eigenvalue weighted by Crippen LogP contribution is -2.45. The van der Waals surface area contributed by atoms with Crippen LogP contribution in [-0.4, -0.2) is 16.2 Å². The number of hydrogen-bond acceptors (Lipinski definition) is 2. The van der Waals surface area contributed by atoms with E-state index in [1.807, 2.05) is 6.08 Å². The second-order valence-electron chi connectivity index (χ2n) is 7.11. The highest BCUT2D eigenvalue weighted by Gasteiger charge is 2.49. The standard InChI is InChI=1S/C15H24O3/c1-13(2,3)15(14(4,5)6)8-7-10(12(17)18)11(16)9-15/h7-10,16H,1-6H3,(H,17,18). The Labute approximate surface area is 109 Å². The lowest BCUT2D eigenvalue weighted by atomic mass is 9.52. The van der Waals surface area contributed by atoms with Crippen molar-refractivity contribution in [3.8, 4) is 0 Å². The monoisotopic (exact) mass is 252 g/mol. The topological polar surface area (TPSA) is 57.5 Å². The average Bonchev–Trinajstić information content (AvgIpc) is 2.12. The van der Waals surface area contributed by atoms with Crippen LogP contribution in [0.3, 0.4) is 0 Å². The van der Waals surface area contributed by atoms with Crippen molar-refractivity contribution in [2.24, 2.45) is 22.2 Å². The molecule has 0 bridgehead atoms. The Balaban J connectivity index is 3.37. The fourth-order valence-electron chi connectivity index (χ4n) is 2.98. The van der Waals surface area contributed by atoms with Crippen molar-refractivity contribution < 1.29 is 15.0 Å². The second kappa shape index (κ2) is 4.15. The number of carboxylic acids is 1. The Morgan fingerprint density at radius 3 is 1.89 bits per heavy atom. The summed E-state index contributed by atoms with van der Waals surface area (Å²) < 4.78 is 0. The van der Waals surface area contributed by atoms with Gasteiger partial charge < -0.3 is 10.2 Å². The first-order valence-corrected chi connectivity index (χ1v) is 6.26. The summed E-state index contributed by atoms with van der Waals surface area (Å²) in [6, 6.07) is 0. The molecule has 0 aromatic heterocycles. The normalized spacial score (nSPS) is 23.7. The van der Waals surface area contributed by atoms with Crippen LogP contribution in [0.25, 0.3) is 0 Å². The summed E-state index contributed by atoms with van der Waals surface area (Å²) in [4.78, 5) is 11.0. The van der Waals surface area contributed by atoms with Gasteiger partial charge in [0.15, 0.2) is 0 Å². The van der Waals surface area contributed by atoms with Crippen molar-refractivity contribution >= 4 is 5.97 Å². The van der Waals surface area contributed by atoms with Crippen LogP contribution in [0.5, 0.6) is 0 Å². The van der Waals surface area contributed by atoms with Crippen molar-refractivity contribution in [1.29, 1.82) is 0 Å². The van der Waals surface area contributed by atoms with Gasteiger partial charge in [-0.3, -0.25) is 4.79 Å². The van der Waals surface area contributed by atoms with E-state index in [-0.39, 0.29) is 22.0 Å². The molecule has 1 aliphatic rings. The Bertz CT molecular complexity index is 388. The second-order valence-corrected chi connectivity index (χ2v) is 7.11. The molecule has 0 fully saturated rings. The third-order valence-corrected chi connectivity index (χ3v) is 3.99. The van der Waals surface area contributed by atoms with E-state index < -0.39 is 11.9 Å². The fourth-order valence-corrected chi connectivity index (χ4v) is 2.98. The van der Waals surface area contributed by atoms with Gasteiger partial charge in [0.1, 0.15) is 11.7 Å². The molecule has 102 valence electrons. The van der Waals surface area contributed by atoms with Gasteiger partial charge in [0.2, 0.25) is 0 Å². The molecule has 0 spiro atoms. The van der Waals surface area contributed by atoms with E-state index in [0.717, 1.165) is 0 Å². The number of rotatable bonds is 1. The van der Waals surface area contributed by atoms with Crippen molar-refractivity contribution in [1.82, 2.24) is 0 Å². The largest absolute Gasteiger partial charge is 0.511 e. The Morgan fingerprint density at radius 1 is 1.17 bits per heavy atom. The first-order valence-electron chi connectivity index (χ1n) is 6.26. The molecule has 1 atom stereocenters. The lowest BCUT2D eigenvalue weighted by Gasteiger charge is -2.51. The fraction of sp³-hybridized carbons (Fsp3) is 0.667. The number of carboxylic acid groups (broad SMARTS) is 1. The summed E-state index contributed by atoms with van der Waals surface area (Å²) in [5.74, 6) is -1.99. The Hall–Kier alpha value is -1.25. The highest BCUT2D eigenvalue weighted by molar-refractivity contribution is 5.76. The predicted molar refractivity (Wildman–Crippen MR) is 72.3 cm³/mol. The number of allylic oxidation sites excluding steroid dienone is 2. The van der Waals surface area contributed by atoms with Gasteiger partial charge in [-0.15, -0.1) is 0 Å². The molecule has 1 aliphatic carbocycles. The lowest BCUT2D eigenvalue weighted by molar-refractivity contribution is -0.139. The molecule has 0 heterocycles. The number of carbonyl (C=O) groups is 1. The zero-order valence-electron chi connectivity index (χ0n) is 12.1. The van der Waals surface area contributed by atoms with E-state index in [4.69, 9.17) is 5.11 Å². The van der Waals surface area contributed by atoms with E-state index in [0.29, 0.717) is 0 Å². The molecule has 3 heteroatoms. The summed E-state index contributed by atoms with van der Waals surface area (Å²) in [6.07, 6.45) is 5.28. The maximum Gasteiger partial charge on any atom is 0.318 e. The maximum atomic E-state index is 11.0. The van der Waals surface area contributed by atoms with Crippen LogP contribution in [0.1, 0.15) is 41.5 Å². The third kappa shape index (κ3) is 2.18. The van der Waals surface area contributed by atoms with Gasteiger partial charge in [0, 0.05) is 5.41 Å². The number of aliphatic hydroxyl groups excluding tert-OH is 1. The highest BCUT2D eigenvalue weighted by atomic mass is 16.4. The molecular formula is C15H24O3. The minimum atomic E-state index is -1.02. The smallest absolute Gasteiger partial charge is 0.318 e. The van der Waals surface area contributed by atoms with Crippen molar-refractivity contribution in [3.63, 3.8) is 0 Å². The minimum Gasteiger partial charge on any atom is -0.511 e. The first-order chi connectivity index (χ1) is 7.92. The third-order valence-electron chi connectivity index (χ3n) is 3.99. The minimum absolute atomic E-state index is 0.0603. The molecular weight excluding hydrogens is 228 g/mol. The van der Waals surface area contributed by atoms with E-state index in [9.17, 15) is 9.90 Å². The van der Waals surface area contributed by atoms with Crippen LogP contribution in [-0.2, 0) is 4.79 Å². The molecule has 0 saturated carbocycles. The number of aliphatic hydroxyl groups is 1. The van der Waals surface area contributed by atoms with Crippen LogP contribution >= 0.6 is 0 Å². The molecule has 3 nitrogen and oxygen atoms in total. The summed E-state index contributed by atoms with van der Waals surface area (Å²) in [6.45, 7) is 12.6. The van der Waals surface area contributed by atoms with Gasteiger partial charge in [0.25, 0.3) is 0 Å². The molecule has 0 aromatic carbocycles. The molecule has 0 saturated heterocycles. The summed E-state index contributed by atoms with van der Waals surface area (Å²) in [5.41, 5.74) is -0.589. The number of aliphatic carboxylic acids is 1. The number of hydrogen-bond donors (Lipinski definition) is 2. The summed E-state index contributed by atoms with van der Waals surface area (Å²) >= 11 is 0. The molecule has 0 radical (unpaired) electrons. The van der Waals surface area contributed by atoms with Crippen molar-refractivity contribution in [3.05, 3.63) is 24.0 Å². The van der Waals surface area contributed by atoms with Crippen LogP contribution in [0.2, 0.25) is 0 Å². The first kappa shape index (κ1) is 14.8. The van der Waals surface area contributed by atoms with Crippen LogP contribution in [0.4, 0.5) is 0 Å². The van der Waals surface area contributed by atoms with Gasteiger partial charge in [0.05, 0.1) is 0 Å². The zero-order chi connectivity index (χ0) is 14.4. The average molecular weight is 252 g/mol. The molecule has 0 aliphatic heterocycles. The van der Waals surface area contributed by atoms with Crippen LogP contribution < -0.4 is 0 Å². The van der Waals surface area contributed by atoms with Crippen LogP contribution in [0.15, 0.2) is 24.0 Å². The van der Waals surface area contributed by atoms with E-state index in [2.05, 4.69) is 41.5 Å². The molecule has 1 rings (SSSR count). The summed E-state index contributed by atoms with van der Waals surface area (Å²) in [7, 11) is 0. The maximum absolute atomic E-state index is 11.0. The van der Waals surface area contributed by atoms with Gasteiger partial charge in [-0.2, -0.15) is 0 Å². The molecule has 18 heavy (non-hydrogen) atoms. The molecule has 0 aromatic rings. The van der Waals surface area contributed by atoms with Gasteiger partial charge in [-0.25, -0.2) is 0 Å². The van der Waals surface area contributed by atoms with Crippen molar-refractivity contribution in [2.45, 2.75) is 41.5 Å². The van der Waals surface area contributed by atoms with Gasteiger partial charge >= 0.3 is 5.97 Å². The quantitative estimate of drug-likeness (QED) is 0.698. The van der Waals surface area contributed by atoms with E-state index >= 15 is 0 Å². The highest BCUT2D eigenvalue weighted by Crippen LogP contribution is 2.55. The van der Waals surface area contributed by atoms with E-state index in [1.165, 1.54) is 0 Å². The molecule has 2 N–H and O–H groups in total. The predicted octanol–water partition coefficient (Wildman–Crippen LogP) is 3.78. The Morgan fingerprint density at radius 2 is 1.61 bits per heavy atom. The van der Waals surface area contributed by atoms with Gasteiger partial charge in [-0.05, 0) is 16.9 Å². The Kier molecular flexibility index (Phi) is 3.41. The SMILES string of the molecule is CC(C)(C)C1(C(C)(C)C)C=CC(C(=O)O)C(O)=C1. The van der Waals surface area contributed by atoms with Crippen molar-refractivity contribution in [2.75, 3.05) is 0 Å². The molecule has 0 amide bonds. The van der Waals surface area contributed by atoms with Gasteiger partial charge in [-0.1, -0.05) is 53.7 Å². The molecule has 1 unspecified atom stereocenters. The zero-order valence-corrected chi connectivity index (χ0v) is 12.1.